The molecule has 0 aliphatic heterocycles. The Morgan fingerprint density at radius 3 is 2.42 bits per heavy atom. The van der Waals surface area contributed by atoms with Gasteiger partial charge in [0.1, 0.15) is 17.5 Å². The average Bonchev–Trinajstić information content (AvgIpc) is 3.44. The lowest BCUT2D eigenvalue weighted by molar-refractivity contribution is -0.143. The first-order valence-electron chi connectivity index (χ1n) is 13.1. The van der Waals surface area contributed by atoms with Crippen molar-refractivity contribution in [3.8, 4) is 11.5 Å². The lowest BCUT2D eigenvalue weighted by Gasteiger charge is -2.32. The average molecular weight is 580 g/mol. The molecule has 0 saturated heterocycles. The van der Waals surface area contributed by atoms with Crippen molar-refractivity contribution in [3.63, 3.8) is 0 Å². The third-order valence-electron chi connectivity index (χ3n) is 6.95. The Hall–Kier alpha value is -3.32. The number of aryl methyl sites for hydroxylation is 1. The first kappa shape index (κ1) is 27.7. The minimum Gasteiger partial charge on any atom is -0.497 e. The predicted molar refractivity (Wildman–Crippen MR) is 152 cm³/mol. The van der Waals surface area contributed by atoms with E-state index in [2.05, 4.69) is 21.2 Å². The van der Waals surface area contributed by atoms with Gasteiger partial charge in [0.2, 0.25) is 5.91 Å². The van der Waals surface area contributed by atoms with Crippen molar-refractivity contribution in [2.75, 3.05) is 13.7 Å². The molecule has 0 radical (unpaired) electrons. The van der Waals surface area contributed by atoms with Gasteiger partial charge in [0.25, 0.3) is 5.91 Å². The quantitative estimate of drug-likeness (QED) is 0.310. The second-order valence-corrected chi connectivity index (χ2v) is 10.6. The highest BCUT2D eigenvalue weighted by Gasteiger charge is 2.32. The van der Waals surface area contributed by atoms with E-state index in [9.17, 15) is 9.59 Å². The summed E-state index contributed by atoms with van der Waals surface area (Å²) in [6.45, 7) is 2.05. The number of amides is 2. The van der Waals surface area contributed by atoms with Gasteiger partial charge in [-0.25, -0.2) is 0 Å². The van der Waals surface area contributed by atoms with Crippen LogP contribution >= 0.6 is 15.9 Å². The van der Waals surface area contributed by atoms with E-state index in [1.165, 1.54) is 0 Å². The fraction of sp³-hybridized carbons (Fsp3) is 0.355. The summed E-state index contributed by atoms with van der Waals surface area (Å²) < 4.78 is 12.3. The van der Waals surface area contributed by atoms with Crippen molar-refractivity contribution in [3.05, 3.63) is 94.0 Å². The summed E-state index contributed by atoms with van der Waals surface area (Å²) in [7, 11) is 1.61. The standard InChI is InChI=1S/C31H35BrN2O4/c1-22-17-27(15-16-28(22)32)38-21-30(35)34(20-24-11-8-14-26(18-24)37-2)29(19-23-9-4-3-5-10-23)31(36)33-25-12-6-7-13-25/h3-5,8-11,14-18,25,29H,6-7,12-13,19-21H2,1-2H3,(H,33,36). The van der Waals surface area contributed by atoms with E-state index in [0.29, 0.717) is 17.9 Å². The molecule has 6 nitrogen and oxygen atoms in total. The van der Waals surface area contributed by atoms with Crippen molar-refractivity contribution in [1.82, 2.24) is 10.2 Å². The molecule has 1 unspecified atom stereocenters. The van der Waals surface area contributed by atoms with Gasteiger partial charge in [-0.05, 0) is 66.8 Å². The molecule has 0 aromatic heterocycles. The van der Waals surface area contributed by atoms with Gasteiger partial charge in [-0.3, -0.25) is 9.59 Å². The van der Waals surface area contributed by atoms with Crippen molar-refractivity contribution in [2.45, 2.75) is 57.7 Å². The molecule has 1 fully saturated rings. The van der Waals surface area contributed by atoms with E-state index in [-0.39, 0.29) is 31.0 Å². The van der Waals surface area contributed by atoms with Crippen LogP contribution in [0.5, 0.6) is 11.5 Å². The molecule has 0 spiro atoms. The fourth-order valence-corrected chi connectivity index (χ4v) is 5.07. The molecule has 0 heterocycles. The Kier molecular flexibility index (Phi) is 9.82. The molecule has 1 N–H and O–H groups in total. The topological polar surface area (TPSA) is 67.9 Å². The Morgan fingerprint density at radius 1 is 0.974 bits per heavy atom. The van der Waals surface area contributed by atoms with Gasteiger partial charge in [0, 0.05) is 23.5 Å². The zero-order valence-corrected chi connectivity index (χ0v) is 23.6. The number of halogens is 1. The van der Waals surface area contributed by atoms with Gasteiger partial charge in [-0.15, -0.1) is 0 Å². The fourth-order valence-electron chi connectivity index (χ4n) is 4.82. The number of carbonyl (C=O) groups is 2. The zero-order chi connectivity index (χ0) is 26.9. The zero-order valence-electron chi connectivity index (χ0n) is 22.0. The van der Waals surface area contributed by atoms with Gasteiger partial charge in [-0.2, -0.15) is 0 Å². The van der Waals surface area contributed by atoms with Crippen LogP contribution in [0.3, 0.4) is 0 Å². The van der Waals surface area contributed by atoms with E-state index in [1.54, 1.807) is 12.0 Å². The molecule has 1 atom stereocenters. The molecule has 38 heavy (non-hydrogen) atoms. The summed E-state index contributed by atoms with van der Waals surface area (Å²) in [5.41, 5.74) is 2.89. The predicted octanol–water partition coefficient (Wildman–Crippen LogP) is 5.84. The Labute approximate surface area is 233 Å². The highest BCUT2D eigenvalue weighted by molar-refractivity contribution is 9.10. The Bertz CT molecular complexity index is 1230. The van der Waals surface area contributed by atoms with E-state index in [4.69, 9.17) is 9.47 Å². The monoisotopic (exact) mass is 578 g/mol. The minimum absolute atomic E-state index is 0.128. The van der Waals surface area contributed by atoms with Gasteiger partial charge in [0.05, 0.1) is 7.11 Å². The smallest absolute Gasteiger partial charge is 0.261 e. The van der Waals surface area contributed by atoms with Crippen LogP contribution in [0, 0.1) is 6.92 Å². The summed E-state index contributed by atoms with van der Waals surface area (Å²) in [5.74, 6) is 0.925. The number of carbonyl (C=O) groups excluding carboxylic acids is 2. The van der Waals surface area contributed by atoms with E-state index in [0.717, 1.165) is 46.8 Å². The Balaban J connectivity index is 1.62. The van der Waals surface area contributed by atoms with Crippen molar-refractivity contribution < 1.29 is 19.1 Å². The van der Waals surface area contributed by atoms with Crippen LogP contribution in [0.2, 0.25) is 0 Å². The summed E-state index contributed by atoms with van der Waals surface area (Å²) in [4.78, 5) is 29.2. The lowest BCUT2D eigenvalue weighted by Crippen LogP contribution is -2.53. The maximum absolute atomic E-state index is 13.8. The molecular weight excluding hydrogens is 544 g/mol. The number of ether oxygens (including phenoxy) is 2. The van der Waals surface area contributed by atoms with Crippen LogP contribution in [0.1, 0.15) is 42.4 Å². The highest BCUT2D eigenvalue weighted by atomic mass is 79.9. The van der Waals surface area contributed by atoms with Crippen LogP contribution in [0.4, 0.5) is 0 Å². The molecule has 2 amide bonds. The van der Waals surface area contributed by atoms with E-state index >= 15 is 0 Å². The number of methoxy groups -OCH3 is 1. The van der Waals surface area contributed by atoms with Crippen molar-refractivity contribution >= 4 is 27.7 Å². The summed E-state index contributed by atoms with van der Waals surface area (Å²) in [6, 6.07) is 22.5. The second-order valence-electron chi connectivity index (χ2n) is 9.77. The SMILES string of the molecule is COc1cccc(CN(C(=O)COc2ccc(Br)c(C)c2)C(Cc2ccccc2)C(=O)NC2CCCC2)c1. The maximum Gasteiger partial charge on any atom is 0.261 e. The molecule has 1 aliphatic carbocycles. The normalized spacial score (nSPS) is 14.1. The second kappa shape index (κ2) is 13.5. The molecular formula is C31H35BrN2O4. The summed E-state index contributed by atoms with van der Waals surface area (Å²) in [6.07, 6.45) is 4.58. The number of hydrogen-bond acceptors (Lipinski definition) is 4. The maximum atomic E-state index is 13.8. The minimum atomic E-state index is -0.688. The number of benzene rings is 3. The van der Waals surface area contributed by atoms with E-state index in [1.807, 2.05) is 79.7 Å². The molecule has 0 bridgehead atoms. The van der Waals surface area contributed by atoms with Crippen LogP contribution in [0.15, 0.2) is 77.3 Å². The van der Waals surface area contributed by atoms with Crippen LogP contribution in [-0.2, 0) is 22.6 Å². The number of nitrogens with one attached hydrogen (secondary N) is 1. The summed E-state index contributed by atoms with van der Waals surface area (Å²) >= 11 is 3.50. The molecule has 1 aliphatic rings. The number of rotatable bonds is 11. The highest BCUT2D eigenvalue weighted by Crippen LogP contribution is 2.23. The molecule has 200 valence electrons. The van der Waals surface area contributed by atoms with Gasteiger partial charge >= 0.3 is 0 Å². The molecule has 3 aromatic carbocycles. The van der Waals surface area contributed by atoms with Crippen LogP contribution < -0.4 is 14.8 Å². The number of nitrogens with zero attached hydrogens (tertiary/aromatic N) is 1. The van der Waals surface area contributed by atoms with Gasteiger partial charge < -0.3 is 19.7 Å². The molecule has 1 saturated carbocycles. The summed E-state index contributed by atoms with van der Waals surface area (Å²) in [5, 5.41) is 3.23. The van der Waals surface area contributed by atoms with E-state index < -0.39 is 6.04 Å². The lowest BCUT2D eigenvalue weighted by atomic mass is 10.0. The third kappa shape index (κ3) is 7.60. The first-order chi connectivity index (χ1) is 18.4. The third-order valence-corrected chi connectivity index (χ3v) is 7.84. The Morgan fingerprint density at radius 2 is 1.71 bits per heavy atom. The molecule has 3 aromatic rings. The van der Waals surface area contributed by atoms with Gasteiger partial charge in [0.15, 0.2) is 6.61 Å². The number of hydrogen-bond donors (Lipinski definition) is 1. The van der Waals surface area contributed by atoms with Crippen molar-refractivity contribution in [1.29, 1.82) is 0 Å². The molecule has 4 rings (SSSR count). The largest absolute Gasteiger partial charge is 0.497 e. The first-order valence-corrected chi connectivity index (χ1v) is 13.9. The van der Waals surface area contributed by atoms with Crippen LogP contribution in [-0.4, -0.2) is 42.5 Å². The molecule has 7 heteroatoms. The van der Waals surface area contributed by atoms with Crippen molar-refractivity contribution in [2.24, 2.45) is 0 Å². The van der Waals surface area contributed by atoms with Gasteiger partial charge in [-0.1, -0.05) is 71.2 Å². The van der Waals surface area contributed by atoms with Crippen LogP contribution in [0.25, 0.3) is 0 Å².